The largest absolute Gasteiger partial charge is 0.309 e. The molecule has 0 spiro atoms. The molecule has 4 aromatic rings. The molecule has 0 aliphatic rings. The second-order valence-electron chi connectivity index (χ2n) is 6.93. The summed E-state index contributed by atoms with van der Waals surface area (Å²) in [6.07, 6.45) is 2.57. The minimum atomic E-state index is -0.117. The highest BCUT2D eigenvalue weighted by Crippen LogP contribution is 2.22. The summed E-state index contributed by atoms with van der Waals surface area (Å²) in [6.45, 7) is 0. The van der Waals surface area contributed by atoms with Gasteiger partial charge in [-0.1, -0.05) is 88.7 Å². The van der Waals surface area contributed by atoms with Gasteiger partial charge >= 0.3 is 0 Å². The van der Waals surface area contributed by atoms with E-state index in [4.69, 9.17) is 4.98 Å². The van der Waals surface area contributed by atoms with Crippen LogP contribution in [-0.2, 0) is 17.6 Å². The number of aromatic nitrogens is 2. The zero-order valence-corrected chi connectivity index (χ0v) is 17.8. The van der Waals surface area contributed by atoms with Crippen LogP contribution in [0.1, 0.15) is 16.8 Å². The smallest absolute Gasteiger partial charge is 0.229 e. The lowest BCUT2D eigenvalue weighted by atomic mass is 10.1. The molecule has 0 saturated heterocycles. The van der Waals surface area contributed by atoms with Crippen LogP contribution in [0.25, 0.3) is 11.3 Å². The van der Waals surface area contributed by atoms with Crippen molar-refractivity contribution >= 4 is 27.7 Å². The van der Waals surface area contributed by atoms with Gasteiger partial charge in [0.2, 0.25) is 5.91 Å². The quantitative estimate of drug-likeness (QED) is 0.405. The molecule has 4 rings (SSSR count). The van der Waals surface area contributed by atoms with Crippen molar-refractivity contribution in [2.75, 3.05) is 5.32 Å². The van der Waals surface area contributed by atoms with Crippen molar-refractivity contribution in [2.45, 2.75) is 12.8 Å². The minimum absolute atomic E-state index is 0.117. The van der Waals surface area contributed by atoms with Gasteiger partial charge in [0.25, 0.3) is 0 Å². The first-order valence-electron chi connectivity index (χ1n) is 9.67. The molecule has 1 aromatic heterocycles. The summed E-state index contributed by atoms with van der Waals surface area (Å²) < 4.78 is 0.985. The van der Waals surface area contributed by atoms with E-state index in [0.29, 0.717) is 12.2 Å². The normalized spacial score (nSPS) is 10.6. The predicted molar refractivity (Wildman–Crippen MR) is 123 cm³/mol. The van der Waals surface area contributed by atoms with E-state index in [1.165, 1.54) is 0 Å². The fraction of sp³-hybridized carbons (Fsp3) is 0.0800. The number of halogens is 1. The number of nitrogens with zero attached hydrogens (tertiary/aromatic N) is 2. The summed E-state index contributed by atoms with van der Waals surface area (Å²) in [5.74, 6) is 0.383. The third-order valence-corrected chi connectivity index (χ3v) is 5.19. The molecule has 148 valence electrons. The summed E-state index contributed by atoms with van der Waals surface area (Å²) in [4.78, 5) is 22.0. The van der Waals surface area contributed by atoms with Crippen LogP contribution < -0.4 is 5.32 Å². The van der Waals surface area contributed by atoms with Gasteiger partial charge in [0, 0.05) is 16.5 Å². The minimum Gasteiger partial charge on any atom is -0.309 e. The molecule has 5 heteroatoms. The van der Waals surface area contributed by atoms with Gasteiger partial charge in [-0.3, -0.25) is 4.79 Å². The number of nitrogens with one attached hydrogen (secondary N) is 1. The van der Waals surface area contributed by atoms with E-state index in [2.05, 4.69) is 26.2 Å². The number of hydrogen-bond donors (Lipinski definition) is 1. The second kappa shape index (κ2) is 9.46. The summed E-state index contributed by atoms with van der Waals surface area (Å²) in [5.41, 5.74) is 4.57. The zero-order valence-electron chi connectivity index (χ0n) is 16.3. The average molecular weight is 458 g/mol. The maximum absolute atomic E-state index is 12.6. The Balaban J connectivity index is 1.60. The van der Waals surface area contributed by atoms with Crippen LogP contribution in [-0.4, -0.2) is 15.9 Å². The molecule has 0 radical (unpaired) electrons. The zero-order chi connectivity index (χ0) is 20.8. The van der Waals surface area contributed by atoms with Crippen molar-refractivity contribution in [3.8, 4) is 11.3 Å². The molecular weight excluding hydrogens is 438 g/mol. The molecule has 0 bridgehead atoms. The molecule has 0 unspecified atom stereocenters. The molecule has 30 heavy (non-hydrogen) atoms. The molecular formula is C25H20BrN3O. The third-order valence-electron chi connectivity index (χ3n) is 4.66. The molecule has 0 aliphatic heterocycles. The van der Waals surface area contributed by atoms with Crippen molar-refractivity contribution in [2.24, 2.45) is 0 Å². The van der Waals surface area contributed by atoms with Crippen molar-refractivity contribution in [1.82, 2.24) is 9.97 Å². The van der Waals surface area contributed by atoms with E-state index in [1.54, 1.807) is 6.20 Å². The van der Waals surface area contributed by atoms with Gasteiger partial charge in [0.1, 0.15) is 0 Å². The van der Waals surface area contributed by atoms with Gasteiger partial charge < -0.3 is 5.32 Å². The van der Waals surface area contributed by atoms with Gasteiger partial charge in [0.15, 0.2) is 5.82 Å². The Morgan fingerprint density at radius 3 is 2.20 bits per heavy atom. The topological polar surface area (TPSA) is 54.9 Å². The monoisotopic (exact) mass is 457 g/mol. The molecule has 3 aromatic carbocycles. The Labute approximate surface area is 184 Å². The third kappa shape index (κ3) is 5.19. The SMILES string of the molecule is O=C(Cc1ccc(Br)cc1)Nc1ncc(-c2ccccc2)nc1Cc1ccccc1. The van der Waals surface area contributed by atoms with E-state index in [1.807, 2.05) is 84.9 Å². The molecule has 0 aliphatic carbocycles. The first kappa shape index (κ1) is 20.0. The first-order chi connectivity index (χ1) is 14.7. The molecule has 0 fully saturated rings. The van der Waals surface area contributed by atoms with E-state index < -0.39 is 0 Å². The van der Waals surface area contributed by atoms with Crippen molar-refractivity contribution in [3.05, 3.63) is 112 Å². The number of rotatable bonds is 6. The summed E-state index contributed by atoms with van der Waals surface area (Å²) >= 11 is 3.41. The fourth-order valence-corrected chi connectivity index (χ4v) is 3.42. The lowest BCUT2D eigenvalue weighted by Crippen LogP contribution is -2.17. The summed E-state index contributed by atoms with van der Waals surface area (Å²) in [7, 11) is 0. The maximum Gasteiger partial charge on any atom is 0.229 e. The Kier molecular flexibility index (Phi) is 6.30. The average Bonchev–Trinajstić information content (AvgIpc) is 2.78. The maximum atomic E-state index is 12.6. The van der Waals surface area contributed by atoms with E-state index in [9.17, 15) is 4.79 Å². The van der Waals surface area contributed by atoms with Gasteiger partial charge in [-0.05, 0) is 23.3 Å². The van der Waals surface area contributed by atoms with Crippen LogP contribution in [0.4, 0.5) is 5.82 Å². The molecule has 1 amide bonds. The van der Waals surface area contributed by atoms with Crippen LogP contribution in [0.5, 0.6) is 0 Å². The fourth-order valence-electron chi connectivity index (χ4n) is 3.16. The Morgan fingerprint density at radius 2 is 1.50 bits per heavy atom. The predicted octanol–water partition coefficient (Wildman–Crippen LogP) is 5.68. The molecule has 4 nitrogen and oxygen atoms in total. The summed E-state index contributed by atoms with van der Waals surface area (Å²) in [6, 6.07) is 27.7. The van der Waals surface area contributed by atoms with E-state index in [0.717, 1.165) is 32.6 Å². The number of carbonyl (C=O) groups is 1. The van der Waals surface area contributed by atoms with Gasteiger partial charge in [0.05, 0.1) is 24.0 Å². The second-order valence-corrected chi connectivity index (χ2v) is 7.85. The van der Waals surface area contributed by atoms with Crippen LogP contribution in [0.3, 0.4) is 0 Å². The number of amides is 1. The van der Waals surface area contributed by atoms with Crippen molar-refractivity contribution < 1.29 is 4.79 Å². The highest BCUT2D eigenvalue weighted by atomic mass is 79.9. The van der Waals surface area contributed by atoms with Gasteiger partial charge in [-0.15, -0.1) is 0 Å². The van der Waals surface area contributed by atoms with Crippen molar-refractivity contribution in [1.29, 1.82) is 0 Å². The van der Waals surface area contributed by atoms with Crippen LogP contribution in [0.15, 0.2) is 95.6 Å². The Bertz CT molecular complexity index is 1130. The van der Waals surface area contributed by atoms with Crippen LogP contribution in [0.2, 0.25) is 0 Å². The molecule has 1 heterocycles. The lowest BCUT2D eigenvalue weighted by molar-refractivity contribution is -0.115. The van der Waals surface area contributed by atoms with Crippen molar-refractivity contribution in [3.63, 3.8) is 0 Å². The first-order valence-corrected chi connectivity index (χ1v) is 10.5. The molecule has 1 N–H and O–H groups in total. The number of carbonyl (C=O) groups excluding carboxylic acids is 1. The summed E-state index contributed by atoms with van der Waals surface area (Å²) in [5, 5.41) is 2.95. The number of hydrogen-bond acceptors (Lipinski definition) is 3. The Morgan fingerprint density at radius 1 is 0.833 bits per heavy atom. The van der Waals surface area contributed by atoms with Crippen LogP contribution in [0, 0.1) is 0 Å². The van der Waals surface area contributed by atoms with Gasteiger partial charge in [-0.25, -0.2) is 9.97 Å². The van der Waals surface area contributed by atoms with E-state index >= 15 is 0 Å². The molecule has 0 atom stereocenters. The Hall–Kier alpha value is -3.31. The number of benzene rings is 3. The standard InChI is InChI=1S/C25H20BrN3O/c26-21-13-11-19(12-14-21)16-24(30)29-25-22(15-18-7-3-1-4-8-18)28-23(17-27-25)20-9-5-2-6-10-20/h1-14,17H,15-16H2,(H,27,29,30). The number of anilines is 1. The van der Waals surface area contributed by atoms with E-state index in [-0.39, 0.29) is 12.3 Å². The lowest BCUT2D eigenvalue weighted by Gasteiger charge is -2.12. The van der Waals surface area contributed by atoms with Crippen LogP contribution >= 0.6 is 15.9 Å². The van der Waals surface area contributed by atoms with Gasteiger partial charge in [-0.2, -0.15) is 0 Å². The highest BCUT2D eigenvalue weighted by Gasteiger charge is 2.13. The molecule has 0 saturated carbocycles. The highest BCUT2D eigenvalue weighted by molar-refractivity contribution is 9.10.